The monoisotopic (exact) mass is 263 g/mol. The maximum atomic E-state index is 2.57. The second kappa shape index (κ2) is 6.16. The number of rotatable bonds is 2. The van der Waals surface area contributed by atoms with Crippen LogP contribution in [0.1, 0.15) is 77.0 Å². The first kappa shape index (κ1) is 13.9. The van der Waals surface area contributed by atoms with Crippen molar-refractivity contribution in [1.29, 1.82) is 0 Å². The van der Waals surface area contributed by atoms with E-state index in [1.807, 2.05) is 0 Å². The summed E-state index contributed by atoms with van der Waals surface area (Å²) >= 11 is 0. The first-order valence-electron chi connectivity index (χ1n) is 9.00. The van der Waals surface area contributed by atoms with Crippen LogP contribution in [0.15, 0.2) is 0 Å². The molecule has 2 aliphatic carbocycles. The van der Waals surface area contributed by atoms with Gasteiger partial charge in [-0.25, -0.2) is 0 Å². The third kappa shape index (κ3) is 2.86. The van der Waals surface area contributed by atoms with Crippen LogP contribution < -0.4 is 0 Å². The second-order valence-electron chi connectivity index (χ2n) is 7.71. The van der Waals surface area contributed by atoms with Gasteiger partial charge in [-0.2, -0.15) is 0 Å². The van der Waals surface area contributed by atoms with Crippen molar-refractivity contribution in [2.45, 2.75) is 77.0 Å². The van der Waals surface area contributed by atoms with Crippen LogP contribution in [0.25, 0.3) is 0 Å². The predicted octanol–water partition coefficient (Wildman–Crippen LogP) is 4.86. The van der Waals surface area contributed by atoms with Crippen molar-refractivity contribution in [2.75, 3.05) is 20.1 Å². The van der Waals surface area contributed by atoms with Crippen molar-refractivity contribution in [3.63, 3.8) is 0 Å². The average molecular weight is 263 g/mol. The van der Waals surface area contributed by atoms with Gasteiger partial charge in [0.05, 0.1) is 0 Å². The number of likely N-dealkylation sites (tertiary alicyclic amines) is 1. The van der Waals surface area contributed by atoms with E-state index >= 15 is 0 Å². The maximum Gasteiger partial charge on any atom is -0.00163 e. The van der Waals surface area contributed by atoms with Gasteiger partial charge in [0.2, 0.25) is 0 Å². The first-order valence-corrected chi connectivity index (χ1v) is 9.00. The topological polar surface area (TPSA) is 3.24 Å². The summed E-state index contributed by atoms with van der Waals surface area (Å²) in [4.78, 5) is 2.57. The SMILES string of the molecule is CN1CCC(C2CCCCC2)(C2CCCCC2)CC1. The van der Waals surface area contributed by atoms with Gasteiger partial charge in [0.25, 0.3) is 0 Å². The van der Waals surface area contributed by atoms with Crippen LogP contribution in [-0.2, 0) is 0 Å². The van der Waals surface area contributed by atoms with Crippen LogP contribution in [0.4, 0.5) is 0 Å². The fourth-order valence-electron chi connectivity index (χ4n) is 5.54. The molecule has 0 spiro atoms. The lowest BCUT2D eigenvalue weighted by molar-refractivity contribution is -0.0302. The minimum atomic E-state index is 0.757. The van der Waals surface area contributed by atoms with E-state index in [9.17, 15) is 0 Å². The van der Waals surface area contributed by atoms with Crippen molar-refractivity contribution in [1.82, 2.24) is 4.90 Å². The highest BCUT2D eigenvalue weighted by molar-refractivity contribution is 4.97. The Morgan fingerprint density at radius 2 is 1.11 bits per heavy atom. The summed E-state index contributed by atoms with van der Waals surface area (Å²) in [5.41, 5.74) is 0.757. The van der Waals surface area contributed by atoms with Gasteiger partial charge in [0.1, 0.15) is 0 Å². The third-order valence-electron chi connectivity index (χ3n) is 6.75. The number of piperidine rings is 1. The highest BCUT2D eigenvalue weighted by Crippen LogP contribution is 2.54. The molecule has 1 heteroatoms. The van der Waals surface area contributed by atoms with Gasteiger partial charge in [-0.05, 0) is 75.9 Å². The molecule has 2 saturated carbocycles. The lowest BCUT2D eigenvalue weighted by Crippen LogP contribution is -2.48. The van der Waals surface area contributed by atoms with Crippen molar-refractivity contribution in [2.24, 2.45) is 17.3 Å². The van der Waals surface area contributed by atoms with Crippen molar-refractivity contribution >= 4 is 0 Å². The normalized spacial score (nSPS) is 31.4. The molecule has 3 aliphatic rings. The molecule has 3 rings (SSSR count). The van der Waals surface area contributed by atoms with Crippen molar-refractivity contribution in [3.05, 3.63) is 0 Å². The zero-order chi connectivity index (χ0) is 13.1. The first-order chi connectivity index (χ1) is 9.31. The fraction of sp³-hybridized carbons (Fsp3) is 1.00. The Hall–Kier alpha value is -0.0400. The van der Waals surface area contributed by atoms with Crippen LogP contribution in [0.3, 0.4) is 0 Å². The summed E-state index contributed by atoms with van der Waals surface area (Å²) < 4.78 is 0. The van der Waals surface area contributed by atoms with E-state index in [2.05, 4.69) is 11.9 Å². The number of hydrogen-bond donors (Lipinski definition) is 0. The van der Waals surface area contributed by atoms with Crippen molar-refractivity contribution < 1.29 is 0 Å². The van der Waals surface area contributed by atoms with E-state index in [1.165, 1.54) is 64.5 Å². The maximum absolute atomic E-state index is 2.57. The second-order valence-corrected chi connectivity index (χ2v) is 7.71. The van der Waals surface area contributed by atoms with Gasteiger partial charge in [0.15, 0.2) is 0 Å². The van der Waals surface area contributed by atoms with E-state index in [4.69, 9.17) is 0 Å². The average Bonchev–Trinajstić information content (AvgIpc) is 2.50. The largest absolute Gasteiger partial charge is 0.306 e. The molecule has 0 radical (unpaired) electrons. The lowest BCUT2D eigenvalue weighted by atomic mass is 9.55. The smallest absolute Gasteiger partial charge is 0.00163 e. The minimum absolute atomic E-state index is 0.757. The molecular formula is C18H33N. The summed E-state index contributed by atoms with van der Waals surface area (Å²) in [5.74, 6) is 2.16. The van der Waals surface area contributed by atoms with Crippen LogP contribution in [0.5, 0.6) is 0 Å². The molecule has 0 unspecified atom stereocenters. The van der Waals surface area contributed by atoms with Crippen LogP contribution in [0.2, 0.25) is 0 Å². The zero-order valence-electron chi connectivity index (χ0n) is 13.0. The molecule has 1 aliphatic heterocycles. The summed E-state index contributed by atoms with van der Waals surface area (Å²) in [6.45, 7) is 2.74. The zero-order valence-corrected chi connectivity index (χ0v) is 13.0. The van der Waals surface area contributed by atoms with Crippen LogP contribution in [0, 0.1) is 17.3 Å². The summed E-state index contributed by atoms with van der Waals surface area (Å²) in [6, 6.07) is 0. The molecule has 0 N–H and O–H groups in total. The Morgan fingerprint density at radius 3 is 1.53 bits per heavy atom. The molecule has 0 aromatic heterocycles. The van der Waals surface area contributed by atoms with E-state index in [-0.39, 0.29) is 0 Å². The van der Waals surface area contributed by atoms with Gasteiger partial charge in [-0.15, -0.1) is 0 Å². The molecule has 0 aromatic rings. The number of nitrogens with zero attached hydrogens (tertiary/aromatic N) is 1. The lowest BCUT2D eigenvalue weighted by Gasteiger charge is -2.53. The molecule has 0 bridgehead atoms. The highest BCUT2D eigenvalue weighted by atomic mass is 15.1. The summed E-state index contributed by atoms with van der Waals surface area (Å²) in [7, 11) is 2.33. The van der Waals surface area contributed by atoms with Gasteiger partial charge in [-0.3, -0.25) is 0 Å². The molecule has 0 amide bonds. The molecule has 0 aromatic carbocycles. The molecule has 19 heavy (non-hydrogen) atoms. The molecule has 3 fully saturated rings. The molecule has 1 heterocycles. The van der Waals surface area contributed by atoms with Gasteiger partial charge in [-0.1, -0.05) is 38.5 Å². The molecule has 1 nitrogen and oxygen atoms in total. The molecular weight excluding hydrogens is 230 g/mol. The molecule has 110 valence electrons. The van der Waals surface area contributed by atoms with Crippen molar-refractivity contribution in [3.8, 4) is 0 Å². The summed E-state index contributed by atoms with van der Waals surface area (Å²) in [5, 5.41) is 0. The minimum Gasteiger partial charge on any atom is -0.306 e. The van der Waals surface area contributed by atoms with Crippen LogP contribution >= 0.6 is 0 Å². The van der Waals surface area contributed by atoms with E-state index in [1.54, 1.807) is 25.7 Å². The Balaban J connectivity index is 1.77. The Labute approximate surface area is 120 Å². The van der Waals surface area contributed by atoms with Gasteiger partial charge >= 0.3 is 0 Å². The van der Waals surface area contributed by atoms with E-state index in [0.29, 0.717) is 0 Å². The van der Waals surface area contributed by atoms with Gasteiger partial charge in [0, 0.05) is 0 Å². The molecule has 0 atom stereocenters. The van der Waals surface area contributed by atoms with Gasteiger partial charge < -0.3 is 4.90 Å². The summed E-state index contributed by atoms with van der Waals surface area (Å²) in [6.07, 6.45) is 18.4. The Bertz CT molecular complexity index is 245. The number of hydrogen-bond acceptors (Lipinski definition) is 1. The van der Waals surface area contributed by atoms with Crippen LogP contribution in [-0.4, -0.2) is 25.0 Å². The fourth-order valence-corrected chi connectivity index (χ4v) is 5.54. The highest BCUT2D eigenvalue weighted by Gasteiger charge is 2.46. The van der Waals surface area contributed by atoms with E-state index < -0.39 is 0 Å². The standard InChI is InChI=1S/C18H33N/c1-19-14-12-18(13-15-19,16-8-4-2-5-9-16)17-10-6-3-7-11-17/h16-17H,2-15H2,1H3. The predicted molar refractivity (Wildman–Crippen MR) is 82.3 cm³/mol. The third-order valence-corrected chi connectivity index (χ3v) is 6.75. The molecule has 1 saturated heterocycles. The Morgan fingerprint density at radius 1 is 0.684 bits per heavy atom. The quantitative estimate of drug-likeness (QED) is 0.688. The van der Waals surface area contributed by atoms with E-state index in [0.717, 1.165) is 17.3 Å². The Kier molecular flexibility index (Phi) is 4.51.